The van der Waals surface area contributed by atoms with Crippen molar-refractivity contribution >= 4 is 23.8 Å². The van der Waals surface area contributed by atoms with E-state index in [2.05, 4.69) is 20.6 Å². The summed E-state index contributed by atoms with van der Waals surface area (Å²) in [7, 11) is 0. The van der Waals surface area contributed by atoms with E-state index in [1.54, 1.807) is 29.3 Å². The van der Waals surface area contributed by atoms with Gasteiger partial charge in [-0.15, -0.1) is 0 Å². The Kier molecular flexibility index (Phi) is 7.17. The minimum Gasteiger partial charge on any atom is -0.447 e. The smallest absolute Gasteiger partial charge is 0.416 e. The van der Waals surface area contributed by atoms with Crippen molar-refractivity contribution in [1.82, 2.24) is 20.2 Å². The van der Waals surface area contributed by atoms with Crippen molar-refractivity contribution in [3.63, 3.8) is 0 Å². The molecule has 0 bridgehead atoms. The van der Waals surface area contributed by atoms with Crippen molar-refractivity contribution in [1.29, 1.82) is 0 Å². The topological polar surface area (TPSA) is 99.7 Å². The number of amides is 2. The number of cyclic esters (lactones) is 1. The standard InChI is InChI=1S/C27H33F3N6O3/c1-16(32-24-31-10-8-23(34-24)36-25(38)39-15-26(36,3)20-6-7-20)18-4-5-19(21(28)12-18)13-35-11-9-22(33-17(2)37)27(29,30)14-35/h4-5,8,10,12,16,20,22H,6-7,9,11,13-15H2,1-3H3,(H,33,37)(H,31,32,34)/t16-,22?,26+/m0/s1. The summed E-state index contributed by atoms with van der Waals surface area (Å²) >= 11 is 0. The van der Waals surface area contributed by atoms with Crippen molar-refractivity contribution < 1.29 is 27.5 Å². The number of ether oxygens (including phenoxy) is 1. The first-order valence-electron chi connectivity index (χ1n) is 13.2. The zero-order chi connectivity index (χ0) is 27.9. The summed E-state index contributed by atoms with van der Waals surface area (Å²) in [6.45, 7) is 5.16. The molecular formula is C27H33F3N6O3. The number of alkyl halides is 2. The fourth-order valence-corrected chi connectivity index (χ4v) is 5.50. The van der Waals surface area contributed by atoms with Gasteiger partial charge in [0.05, 0.1) is 24.2 Å². The van der Waals surface area contributed by atoms with Gasteiger partial charge in [-0.1, -0.05) is 12.1 Å². The molecule has 5 rings (SSSR count). The van der Waals surface area contributed by atoms with E-state index in [1.165, 1.54) is 17.9 Å². The Morgan fingerprint density at radius 2 is 2.03 bits per heavy atom. The highest BCUT2D eigenvalue weighted by atomic mass is 19.3. The molecule has 39 heavy (non-hydrogen) atoms. The third-order valence-electron chi connectivity index (χ3n) is 7.88. The lowest BCUT2D eigenvalue weighted by Crippen LogP contribution is -2.57. The molecule has 9 nitrogen and oxygen atoms in total. The van der Waals surface area contributed by atoms with Crippen LogP contribution in [0.5, 0.6) is 0 Å². The monoisotopic (exact) mass is 546 g/mol. The lowest BCUT2D eigenvalue weighted by Gasteiger charge is -2.38. The molecule has 3 fully saturated rings. The van der Waals surface area contributed by atoms with Gasteiger partial charge in [-0.05, 0) is 56.7 Å². The molecule has 1 saturated carbocycles. The van der Waals surface area contributed by atoms with E-state index in [1.807, 2.05) is 13.8 Å². The molecule has 2 aromatic rings. The van der Waals surface area contributed by atoms with Gasteiger partial charge in [-0.2, -0.15) is 4.98 Å². The average molecular weight is 547 g/mol. The summed E-state index contributed by atoms with van der Waals surface area (Å²) in [5, 5.41) is 5.46. The molecule has 1 aromatic carbocycles. The van der Waals surface area contributed by atoms with Crippen LogP contribution in [0.1, 0.15) is 57.2 Å². The van der Waals surface area contributed by atoms with E-state index in [-0.39, 0.29) is 25.0 Å². The number of anilines is 2. The number of nitrogens with zero attached hydrogens (tertiary/aromatic N) is 4. The minimum absolute atomic E-state index is 0.0349. The number of hydrogen-bond acceptors (Lipinski definition) is 7. The lowest BCUT2D eigenvalue weighted by molar-refractivity contribution is -0.129. The quantitative estimate of drug-likeness (QED) is 0.511. The maximum Gasteiger partial charge on any atom is 0.416 e. The van der Waals surface area contributed by atoms with Gasteiger partial charge in [-0.25, -0.2) is 22.9 Å². The van der Waals surface area contributed by atoms with Crippen LogP contribution in [0.2, 0.25) is 0 Å². The van der Waals surface area contributed by atoms with E-state index < -0.39 is 41.9 Å². The van der Waals surface area contributed by atoms with Crippen LogP contribution in [-0.2, 0) is 16.1 Å². The number of rotatable bonds is 8. The Morgan fingerprint density at radius 1 is 1.26 bits per heavy atom. The molecule has 2 saturated heterocycles. The van der Waals surface area contributed by atoms with Crippen molar-refractivity contribution in [2.75, 3.05) is 29.9 Å². The van der Waals surface area contributed by atoms with Gasteiger partial charge >= 0.3 is 6.09 Å². The lowest BCUT2D eigenvalue weighted by atomic mass is 9.96. The second-order valence-corrected chi connectivity index (χ2v) is 11.0. The number of carbonyl (C=O) groups is 2. The number of piperidine rings is 1. The molecule has 0 radical (unpaired) electrons. The van der Waals surface area contributed by atoms with Crippen molar-refractivity contribution in [3.8, 4) is 0 Å². The van der Waals surface area contributed by atoms with Crippen LogP contribution in [0, 0.1) is 11.7 Å². The van der Waals surface area contributed by atoms with Crippen LogP contribution in [0.15, 0.2) is 30.5 Å². The summed E-state index contributed by atoms with van der Waals surface area (Å²) in [5.74, 6) is -3.00. The Morgan fingerprint density at radius 3 is 2.69 bits per heavy atom. The number of halogens is 3. The fourth-order valence-electron chi connectivity index (χ4n) is 5.50. The average Bonchev–Trinajstić information content (AvgIpc) is 3.67. The van der Waals surface area contributed by atoms with Crippen LogP contribution >= 0.6 is 0 Å². The first kappa shape index (κ1) is 27.2. The summed E-state index contributed by atoms with van der Waals surface area (Å²) in [5.41, 5.74) is 0.490. The van der Waals surface area contributed by atoms with Crippen LogP contribution < -0.4 is 15.5 Å². The first-order valence-corrected chi connectivity index (χ1v) is 13.2. The Hall–Kier alpha value is -3.41. The first-order chi connectivity index (χ1) is 18.5. The highest BCUT2D eigenvalue weighted by molar-refractivity contribution is 5.90. The third kappa shape index (κ3) is 5.66. The zero-order valence-electron chi connectivity index (χ0n) is 22.2. The molecule has 3 atom stereocenters. The Labute approximate surface area is 225 Å². The molecule has 2 N–H and O–H groups in total. The van der Waals surface area contributed by atoms with Gasteiger partial charge in [0.15, 0.2) is 0 Å². The Balaban J connectivity index is 1.24. The van der Waals surface area contributed by atoms with Crippen molar-refractivity contribution in [2.24, 2.45) is 5.92 Å². The molecule has 2 aliphatic heterocycles. The molecule has 210 valence electrons. The van der Waals surface area contributed by atoms with Crippen LogP contribution in [0.25, 0.3) is 0 Å². The van der Waals surface area contributed by atoms with E-state index in [0.29, 0.717) is 36.0 Å². The molecular weight excluding hydrogens is 513 g/mol. The van der Waals surface area contributed by atoms with Gasteiger partial charge in [0.1, 0.15) is 18.2 Å². The zero-order valence-corrected chi connectivity index (χ0v) is 22.2. The van der Waals surface area contributed by atoms with Crippen molar-refractivity contribution in [2.45, 2.75) is 70.1 Å². The van der Waals surface area contributed by atoms with Gasteiger partial charge in [0, 0.05) is 31.8 Å². The Bertz CT molecular complexity index is 1260. The normalized spacial score (nSPS) is 25.7. The summed E-state index contributed by atoms with van der Waals surface area (Å²) < 4.78 is 49.4. The molecule has 1 aromatic heterocycles. The van der Waals surface area contributed by atoms with Gasteiger partial charge < -0.3 is 15.4 Å². The van der Waals surface area contributed by atoms with E-state index in [9.17, 15) is 18.4 Å². The van der Waals surface area contributed by atoms with Crippen molar-refractivity contribution in [3.05, 3.63) is 47.4 Å². The highest BCUT2D eigenvalue weighted by Crippen LogP contribution is 2.47. The molecule has 2 amide bonds. The maximum absolute atomic E-state index is 15.0. The molecule has 3 heterocycles. The molecule has 0 spiro atoms. The molecule has 1 aliphatic carbocycles. The maximum atomic E-state index is 15.0. The summed E-state index contributed by atoms with van der Waals surface area (Å²) in [6.07, 6.45) is 3.29. The number of hydrogen-bond donors (Lipinski definition) is 2. The largest absolute Gasteiger partial charge is 0.447 e. The van der Waals surface area contributed by atoms with E-state index in [0.717, 1.165) is 12.8 Å². The third-order valence-corrected chi connectivity index (χ3v) is 7.88. The van der Waals surface area contributed by atoms with Gasteiger partial charge in [0.2, 0.25) is 11.9 Å². The van der Waals surface area contributed by atoms with E-state index in [4.69, 9.17) is 4.74 Å². The summed E-state index contributed by atoms with van der Waals surface area (Å²) in [4.78, 5) is 35.6. The highest BCUT2D eigenvalue weighted by Gasteiger charge is 2.54. The minimum atomic E-state index is -3.10. The van der Waals surface area contributed by atoms with Gasteiger partial charge in [-0.3, -0.25) is 14.6 Å². The summed E-state index contributed by atoms with van der Waals surface area (Å²) in [6, 6.07) is 4.79. The van der Waals surface area contributed by atoms with Crippen LogP contribution in [0.4, 0.5) is 29.7 Å². The number of benzene rings is 1. The van der Waals surface area contributed by atoms with Crippen LogP contribution in [-0.4, -0.2) is 64.1 Å². The second kappa shape index (κ2) is 10.3. The predicted molar refractivity (Wildman–Crippen MR) is 138 cm³/mol. The predicted octanol–water partition coefficient (Wildman–Crippen LogP) is 4.26. The second-order valence-electron chi connectivity index (χ2n) is 11.0. The number of likely N-dealkylation sites (tertiary alicyclic amines) is 1. The molecule has 1 unspecified atom stereocenters. The molecule has 12 heteroatoms. The van der Waals surface area contributed by atoms with E-state index >= 15 is 4.39 Å². The number of nitrogens with one attached hydrogen (secondary N) is 2. The van der Waals surface area contributed by atoms with Crippen LogP contribution in [0.3, 0.4) is 0 Å². The van der Waals surface area contributed by atoms with Gasteiger partial charge in [0.25, 0.3) is 5.92 Å². The molecule has 3 aliphatic rings. The number of aromatic nitrogens is 2. The number of carbonyl (C=O) groups excluding carboxylic acids is 2. The fraction of sp³-hybridized carbons (Fsp3) is 0.556. The SMILES string of the molecule is CC(=O)NC1CCN(Cc2ccc([C@H](C)Nc3nccc(N4C(=O)OC[C@]4(C)C4CC4)n3)cc2F)CC1(F)F.